The van der Waals surface area contributed by atoms with Gasteiger partial charge in [0.25, 0.3) is 0 Å². The largest absolute Gasteiger partial charge is 0.440 e. The molecule has 1 aliphatic carbocycles. The van der Waals surface area contributed by atoms with Crippen LogP contribution in [-0.4, -0.2) is 65.4 Å². The van der Waals surface area contributed by atoms with Crippen molar-refractivity contribution in [3.05, 3.63) is 66.6 Å². The minimum atomic E-state index is 0.0922. The van der Waals surface area contributed by atoms with E-state index in [-0.39, 0.29) is 11.8 Å². The predicted octanol–water partition coefficient (Wildman–Crippen LogP) is 3.36. The summed E-state index contributed by atoms with van der Waals surface area (Å²) in [7, 11) is 0. The molecule has 0 bridgehead atoms. The summed E-state index contributed by atoms with van der Waals surface area (Å²) in [4.78, 5) is 33.6. The van der Waals surface area contributed by atoms with Crippen LogP contribution in [-0.2, 0) is 16.0 Å². The van der Waals surface area contributed by atoms with Crippen molar-refractivity contribution in [2.45, 2.75) is 31.7 Å². The zero-order chi connectivity index (χ0) is 23.3. The van der Waals surface area contributed by atoms with Crippen molar-refractivity contribution >= 4 is 11.8 Å². The van der Waals surface area contributed by atoms with Crippen molar-refractivity contribution in [1.29, 1.82) is 0 Å². The van der Waals surface area contributed by atoms with Crippen molar-refractivity contribution in [1.82, 2.24) is 20.1 Å². The molecule has 3 aromatic rings. The lowest BCUT2D eigenvalue weighted by atomic mass is 10.1. The van der Waals surface area contributed by atoms with E-state index in [0.29, 0.717) is 44.4 Å². The maximum absolute atomic E-state index is 12.8. The normalized spacial score (nSPS) is 16.4. The van der Waals surface area contributed by atoms with E-state index in [0.717, 1.165) is 48.5 Å². The quantitative estimate of drug-likeness (QED) is 0.560. The fourth-order valence-electron chi connectivity index (χ4n) is 4.28. The summed E-state index contributed by atoms with van der Waals surface area (Å²) in [6.45, 7) is 3.15. The standard InChI is InChI=1S/C27H30N4O3/c32-23(28-22-11-12-22)19-30-15-17-31(18-16-30)25(33)14-13-24-29-26(20-7-3-1-4-8-20)27(34-24)21-9-5-2-6-10-21/h1-10,22H,11-19H2,(H,28,32). The van der Waals surface area contributed by atoms with Crippen LogP contribution in [0.1, 0.15) is 25.2 Å². The third-order valence-corrected chi connectivity index (χ3v) is 6.34. The van der Waals surface area contributed by atoms with Crippen LogP contribution in [0, 0.1) is 0 Å². The number of aromatic nitrogens is 1. The molecule has 2 heterocycles. The smallest absolute Gasteiger partial charge is 0.234 e. The average Bonchev–Trinajstić information content (AvgIpc) is 3.58. The second kappa shape index (κ2) is 10.2. The van der Waals surface area contributed by atoms with Crippen molar-refractivity contribution in [3.63, 3.8) is 0 Å². The Kier molecular flexibility index (Phi) is 6.72. The van der Waals surface area contributed by atoms with Gasteiger partial charge in [-0.15, -0.1) is 0 Å². The highest BCUT2D eigenvalue weighted by Gasteiger charge is 2.26. The maximum atomic E-state index is 12.8. The first-order valence-corrected chi connectivity index (χ1v) is 12.1. The minimum absolute atomic E-state index is 0.0922. The topological polar surface area (TPSA) is 78.7 Å². The first-order valence-electron chi connectivity index (χ1n) is 12.1. The molecule has 2 fully saturated rings. The van der Waals surface area contributed by atoms with Crippen LogP contribution in [0.15, 0.2) is 65.1 Å². The first-order chi connectivity index (χ1) is 16.7. The zero-order valence-corrected chi connectivity index (χ0v) is 19.3. The molecule has 2 aromatic carbocycles. The molecule has 1 saturated heterocycles. The number of hydrogen-bond donors (Lipinski definition) is 1. The van der Waals surface area contributed by atoms with E-state index in [1.807, 2.05) is 65.6 Å². The SMILES string of the molecule is O=C(CN1CCN(C(=O)CCc2nc(-c3ccccc3)c(-c3ccccc3)o2)CC1)NC1CC1. The first kappa shape index (κ1) is 22.3. The van der Waals surface area contributed by atoms with Crippen LogP contribution in [0.4, 0.5) is 0 Å². The Bertz CT molecular complexity index is 1060. The molecule has 34 heavy (non-hydrogen) atoms. The molecule has 0 atom stereocenters. The number of aryl methyl sites for hydroxylation is 1. The molecule has 0 unspecified atom stereocenters. The Morgan fingerprint density at radius 1 is 0.912 bits per heavy atom. The molecule has 7 nitrogen and oxygen atoms in total. The molecule has 0 radical (unpaired) electrons. The van der Waals surface area contributed by atoms with Crippen molar-refractivity contribution in [2.24, 2.45) is 0 Å². The monoisotopic (exact) mass is 458 g/mol. The van der Waals surface area contributed by atoms with Crippen LogP contribution in [0.3, 0.4) is 0 Å². The van der Waals surface area contributed by atoms with Crippen LogP contribution >= 0.6 is 0 Å². The van der Waals surface area contributed by atoms with Gasteiger partial charge in [0.2, 0.25) is 11.8 Å². The molecule has 2 amide bonds. The molecule has 2 aliphatic rings. The second-order valence-electron chi connectivity index (χ2n) is 9.02. The Balaban J connectivity index is 1.18. The van der Waals surface area contributed by atoms with Crippen molar-refractivity contribution in [3.8, 4) is 22.6 Å². The lowest BCUT2D eigenvalue weighted by Gasteiger charge is -2.34. The lowest BCUT2D eigenvalue weighted by Crippen LogP contribution is -2.51. The van der Waals surface area contributed by atoms with E-state index in [2.05, 4.69) is 10.2 Å². The highest BCUT2D eigenvalue weighted by molar-refractivity contribution is 5.79. The average molecular weight is 459 g/mol. The number of piperazine rings is 1. The van der Waals surface area contributed by atoms with Gasteiger partial charge in [0.15, 0.2) is 11.7 Å². The van der Waals surface area contributed by atoms with Crippen molar-refractivity contribution < 1.29 is 14.0 Å². The van der Waals surface area contributed by atoms with Crippen molar-refractivity contribution in [2.75, 3.05) is 32.7 Å². The van der Waals surface area contributed by atoms with E-state index >= 15 is 0 Å². The Morgan fingerprint density at radius 2 is 1.56 bits per heavy atom. The summed E-state index contributed by atoms with van der Waals surface area (Å²) in [5.41, 5.74) is 2.75. The summed E-state index contributed by atoms with van der Waals surface area (Å²) < 4.78 is 6.16. The lowest BCUT2D eigenvalue weighted by molar-refractivity contribution is -0.133. The molecule has 7 heteroatoms. The van der Waals surface area contributed by atoms with E-state index < -0.39 is 0 Å². The highest BCUT2D eigenvalue weighted by atomic mass is 16.4. The van der Waals surface area contributed by atoms with Crippen LogP contribution in [0.2, 0.25) is 0 Å². The van der Waals surface area contributed by atoms with Gasteiger partial charge in [0.1, 0.15) is 5.69 Å². The van der Waals surface area contributed by atoms with Gasteiger partial charge in [-0.1, -0.05) is 60.7 Å². The van der Waals surface area contributed by atoms with Crippen LogP contribution in [0.5, 0.6) is 0 Å². The van der Waals surface area contributed by atoms with E-state index in [1.165, 1.54) is 0 Å². The molecule has 0 spiro atoms. The molecule has 176 valence electrons. The maximum Gasteiger partial charge on any atom is 0.234 e. The zero-order valence-electron chi connectivity index (χ0n) is 19.3. The number of nitrogens with one attached hydrogen (secondary N) is 1. The summed E-state index contributed by atoms with van der Waals surface area (Å²) in [5.74, 6) is 1.49. The predicted molar refractivity (Wildman–Crippen MR) is 130 cm³/mol. The highest BCUT2D eigenvalue weighted by Crippen LogP contribution is 2.32. The number of carbonyl (C=O) groups is 2. The molecule has 1 aromatic heterocycles. The number of oxazole rings is 1. The number of benzene rings is 2. The number of rotatable bonds is 8. The van der Waals surface area contributed by atoms with Gasteiger partial charge in [-0.05, 0) is 12.8 Å². The Labute approximate surface area is 199 Å². The second-order valence-corrected chi connectivity index (χ2v) is 9.02. The summed E-state index contributed by atoms with van der Waals surface area (Å²) in [6.07, 6.45) is 3.00. The van der Waals surface area contributed by atoms with Crippen LogP contribution < -0.4 is 5.32 Å². The van der Waals surface area contributed by atoms with E-state index in [4.69, 9.17) is 9.40 Å². The summed E-state index contributed by atoms with van der Waals surface area (Å²) in [5, 5.41) is 3.03. The van der Waals surface area contributed by atoms with Gasteiger partial charge in [0, 0.05) is 56.2 Å². The Hall–Kier alpha value is -3.45. The molecule has 1 saturated carbocycles. The third kappa shape index (κ3) is 5.54. The molecular formula is C27H30N4O3. The van der Waals surface area contributed by atoms with Gasteiger partial charge in [-0.2, -0.15) is 0 Å². The number of hydrogen-bond acceptors (Lipinski definition) is 5. The van der Waals surface area contributed by atoms with Gasteiger partial charge in [0.05, 0.1) is 6.54 Å². The molecular weight excluding hydrogens is 428 g/mol. The summed E-state index contributed by atoms with van der Waals surface area (Å²) in [6, 6.07) is 20.3. The minimum Gasteiger partial charge on any atom is -0.440 e. The van der Waals surface area contributed by atoms with Gasteiger partial charge < -0.3 is 14.6 Å². The van der Waals surface area contributed by atoms with Gasteiger partial charge >= 0.3 is 0 Å². The fraction of sp³-hybridized carbons (Fsp3) is 0.370. The summed E-state index contributed by atoms with van der Waals surface area (Å²) >= 11 is 0. The van der Waals surface area contributed by atoms with Crippen LogP contribution in [0.25, 0.3) is 22.6 Å². The van der Waals surface area contributed by atoms with E-state index in [1.54, 1.807) is 0 Å². The molecule has 1 N–H and O–H groups in total. The number of nitrogens with zero attached hydrogens (tertiary/aromatic N) is 3. The number of carbonyl (C=O) groups excluding carboxylic acids is 2. The number of amides is 2. The third-order valence-electron chi connectivity index (χ3n) is 6.34. The molecule has 1 aliphatic heterocycles. The Morgan fingerprint density at radius 3 is 2.21 bits per heavy atom. The van der Waals surface area contributed by atoms with Gasteiger partial charge in [-0.25, -0.2) is 4.98 Å². The fourth-order valence-corrected chi connectivity index (χ4v) is 4.28. The van der Waals surface area contributed by atoms with E-state index in [9.17, 15) is 9.59 Å². The molecule has 5 rings (SSSR count). The van der Waals surface area contributed by atoms with Gasteiger partial charge in [-0.3, -0.25) is 14.5 Å².